The van der Waals surface area contributed by atoms with Crippen LogP contribution in [0.4, 0.5) is 4.39 Å². The fourth-order valence-electron chi connectivity index (χ4n) is 1.77. The molecule has 16 heavy (non-hydrogen) atoms. The maximum absolute atomic E-state index is 13.1. The summed E-state index contributed by atoms with van der Waals surface area (Å²) in [7, 11) is 0. The average molecular weight is 225 g/mol. The fraction of sp³-hybridized carbons (Fsp3) is 0.500. The topological polar surface area (TPSA) is 44.5 Å². The molecule has 0 saturated carbocycles. The van der Waals surface area contributed by atoms with Crippen molar-refractivity contribution in [1.82, 2.24) is 0 Å². The van der Waals surface area contributed by atoms with Gasteiger partial charge in [0.1, 0.15) is 17.7 Å². The lowest BCUT2D eigenvalue weighted by atomic mass is 10.1. The molecule has 1 heterocycles. The molecular weight excluding hydrogens is 209 g/mol. The number of hydrogen-bond donors (Lipinski definition) is 1. The molecule has 1 aromatic rings. The summed E-state index contributed by atoms with van der Waals surface area (Å²) in [6.07, 6.45) is 0.929. The van der Waals surface area contributed by atoms with Crippen molar-refractivity contribution in [1.29, 1.82) is 0 Å². The zero-order valence-electron chi connectivity index (χ0n) is 9.28. The molecule has 2 rings (SSSR count). The third-order valence-electron chi connectivity index (χ3n) is 2.64. The Morgan fingerprint density at radius 3 is 3.00 bits per heavy atom. The molecular formula is C12H16FNO2. The molecule has 1 aromatic carbocycles. The fourth-order valence-corrected chi connectivity index (χ4v) is 1.77. The molecule has 1 aliphatic rings. The van der Waals surface area contributed by atoms with E-state index in [9.17, 15) is 4.39 Å². The second kappa shape index (κ2) is 4.80. The third kappa shape index (κ3) is 2.51. The van der Waals surface area contributed by atoms with Gasteiger partial charge in [-0.3, -0.25) is 0 Å². The number of benzene rings is 1. The second-order valence-electron chi connectivity index (χ2n) is 4.07. The van der Waals surface area contributed by atoms with Gasteiger partial charge in [-0.05, 0) is 25.1 Å². The summed E-state index contributed by atoms with van der Waals surface area (Å²) in [5.41, 5.74) is 6.48. The highest BCUT2D eigenvalue weighted by Crippen LogP contribution is 2.27. The summed E-state index contributed by atoms with van der Waals surface area (Å²) in [5, 5.41) is 0. The molecule has 2 N–H and O–H groups in total. The van der Waals surface area contributed by atoms with Crippen LogP contribution in [0, 0.1) is 5.82 Å². The van der Waals surface area contributed by atoms with Crippen LogP contribution in [0.1, 0.15) is 24.9 Å². The Balaban J connectivity index is 2.18. The first-order chi connectivity index (χ1) is 7.66. The zero-order chi connectivity index (χ0) is 11.5. The molecule has 0 aliphatic carbocycles. The molecule has 2 atom stereocenters. The van der Waals surface area contributed by atoms with Gasteiger partial charge < -0.3 is 15.2 Å². The van der Waals surface area contributed by atoms with Crippen molar-refractivity contribution < 1.29 is 13.9 Å². The monoisotopic (exact) mass is 225 g/mol. The molecule has 0 spiro atoms. The molecule has 3 nitrogen and oxygen atoms in total. The molecule has 1 saturated heterocycles. The largest absolute Gasteiger partial charge is 0.488 e. The van der Waals surface area contributed by atoms with Gasteiger partial charge in [-0.15, -0.1) is 0 Å². The van der Waals surface area contributed by atoms with Crippen molar-refractivity contribution in [2.24, 2.45) is 5.73 Å². The highest BCUT2D eigenvalue weighted by Gasteiger charge is 2.19. The van der Waals surface area contributed by atoms with Crippen LogP contribution in [0.2, 0.25) is 0 Å². The minimum atomic E-state index is -0.290. The summed E-state index contributed by atoms with van der Waals surface area (Å²) >= 11 is 0. The summed E-state index contributed by atoms with van der Waals surface area (Å²) in [6, 6.07) is 4.20. The zero-order valence-corrected chi connectivity index (χ0v) is 9.28. The van der Waals surface area contributed by atoms with Crippen LogP contribution in [0.15, 0.2) is 18.2 Å². The quantitative estimate of drug-likeness (QED) is 0.855. The van der Waals surface area contributed by atoms with Gasteiger partial charge in [0.2, 0.25) is 0 Å². The molecule has 0 bridgehead atoms. The maximum Gasteiger partial charge on any atom is 0.124 e. The highest BCUT2D eigenvalue weighted by molar-refractivity contribution is 5.36. The Bertz CT molecular complexity index is 362. The van der Waals surface area contributed by atoms with E-state index in [1.54, 1.807) is 6.07 Å². The number of ether oxygens (including phenoxy) is 2. The molecule has 1 fully saturated rings. The highest BCUT2D eigenvalue weighted by atomic mass is 19.1. The van der Waals surface area contributed by atoms with Crippen LogP contribution >= 0.6 is 0 Å². The number of halogens is 1. The predicted octanol–water partition coefficient (Wildman–Crippen LogP) is 2.01. The van der Waals surface area contributed by atoms with Gasteiger partial charge in [0.05, 0.1) is 13.2 Å². The smallest absolute Gasteiger partial charge is 0.124 e. The van der Waals surface area contributed by atoms with Crippen LogP contribution in [0.5, 0.6) is 5.75 Å². The Morgan fingerprint density at radius 2 is 2.38 bits per heavy atom. The number of nitrogens with two attached hydrogens (primary N) is 1. The van der Waals surface area contributed by atoms with Crippen molar-refractivity contribution >= 4 is 0 Å². The molecule has 0 radical (unpaired) electrons. The SMILES string of the molecule is CC(N)c1cc(F)ccc1OC1CCOC1. The molecule has 0 aromatic heterocycles. The molecule has 4 heteroatoms. The Kier molecular flexibility index (Phi) is 3.41. The Labute approximate surface area is 94.3 Å². The van der Waals surface area contributed by atoms with Gasteiger partial charge in [-0.1, -0.05) is 0 Å². The third-order valence-corrected chi connectivity index (χ3v) is 2.64. The van der Waals surface area contributed by atoms with Crippen molar-refractivity contribution in [3.8, 4) is 5.75 Å². The van der Waals surface area contributed by atoms with Crippen LogP contribution < -0.4 is 10.5 Å². The van der Waals surface area contributed by atoms with E-state index in [1.807, 2.05) is 6.92 Å². The lowest BCUT2D eigenvalue weighted by Crippen LogP contribution is -2.18. The minimum absolute atomic E-state index is 0.0583. The average Bonchev–Trinajstić information content (AvgIpc) is 2.73. The van der Waals surface area contributed by atoms with Crippen molar-refractivity contribution in [2.45, 2.75) is 25.5 Å². The van der Waals surface area contributed by atoms with Gasteiger partial charge >= 0.3 is 0 Å². The Morgan fingerprint density at radius 1 is 1.56 bits per heavy atom. The van der Waals surface area contributed by atoms with E-state index in [1.165, 1.54) is 12.1 Å². The van der Waals surface area contributed by atoms with Crippen molar-refractivity contribution in [3.05, 3.63) is 29.6 Å². The first kappa shape index (κ1) is 11.4. The molecule has 88 valence electrons. The maximum atomic E-state index is 13.1. The van der Waals surface area contributed by atoms with E-state index in [4.69, 9.17) is 15.2 Å². The Hall–Kier alpha value is -1.13. The summed E-state index contributed by atoms with van der Waals surface area (Å²) < 4.78 is 24.1. The van der Waals surface area contributed by atoms with Crippen LogP contribution in [-0.4, -0.2) is 19.3 Å². The van der Waals surface area contributed by atoms with E-state index in [2.05, 4.69) is 0 Å². The second-order valence-corrected chi connectivity index (χ2v) is 4.07. The standard InChI is InChI=1S/C12H16FNO2/c1-8(14)11-6-9(13)2-3-12(11)16-10-4-5-15-7-10/h2-3,6,8,10H,4-5,7,14H2,1H3. The van der Waals surface area contributed by atoms with Gasteiger partial charge in [-0.2, -0.15) is 0 Å². The molecule has 1 aliphatic heterocycles. The van der Waals surface area contributed by atoms with Crippen molar-refractivity contribution in [3.63, 3.8) is 0 Å². The normalized spacial score (nSPS) is 22.1. The van der Waals surface area contributed by atoms with E-state index >= 15 is 0 Å². The van der Waals surface area contributed by atoms with E-state index in [0.717, 1.165) is 13.0 Å². The van der Waals surface area contributed by atoms with Gasteiger partial charge in [0, 0.05) is 18.0 Å². The van der Waals surface area contributed by atoms with Gasteiger partial charge in [0.25, 0.3) is 0 Å². The first-order valence-electron chi connectivity index (χ1n) is 5.46. The summed E-state index contributed by atoms with van der Waals surface area (Å²) in [5.74, 6) is 0.370. The minimum Gasteiger partial charge on any atom is -0.488 e. The van der Waals surface area contributed by atoms with Crippen molar-refractivity contribution in [2.75, 3.05) is 13.2 Å². The summed E-state index contributed by atoms with van der Waals surface area (Å²) in [4.78, 5) is 0. The van der Waals surface area contributed by atoms with Crippen LogP contribution in [-0.2, 0) is 4.74 Å². The molecule has 0 amide bonds. The van der Waals surface area contributed by atoms with Crippen LogP contribution in [0.3, 0.4) is 0 Å². The summed E-state index contributed by atoms with van der Waals surface area (Å²) in [6.45, 7) is 3.13. The lowest BCUT2D eigenvalue weighted by molar-refractivity contribution is 0.140. The van der Waals surface area contributed by atoms with Gasteiger partial charge in [0.15, 0.2) is 0 Å². The van der Waals surface area contributed by atoms with Crippen LogP contribution in [0.25, 0.3) is 0 Å². The molecule has 2 unspecified atom stereocenters. The number of hydrogen-bond acceptors (Lipinski definition) is 3. The van der Waals surface area contributed by atoms with Gasteiger partial charge in [-0.25, -0.2) is 4.39 Å². The van der Waals surface area contributed by atoms with E-state index < -0.39 is 0 Å². The predicted molar refractivity (Wildman–Crippen MR) is 58.9 cm³/mol. The van der Waals surface area contributed by atoms with E-state index in [0.29, 0.717) is 17.9 Å². The lowest BCUT2D eigenvalue weighted by Gasteiger charge is -2.17. The van der Waals surface area contributed by atoms with E-state index in [-0.39, 0.29) is 18.0 Å². The number of rotatable bonds is 3. The first-order valence-corrected chi connectivity index (χ1v) is 5.46.